The monoisotopic (exact) mass is 284 g/mol. The molecular weight excluding hydrogens is 264 g/mol. The van der Waals surface area contributed by atoms with E-state index in [9.17, 15) is 0 Å². The number of anilines is 1. The lowest BCUT2D eigenvalue weighted by Crippen LogP contribution is -2.10. The lowest BCUT2D eigenvalue weighted by molar-refractivity contribution is 0.458. The molecule has 1 fully saturated rings. The van der Waals surface area contributed by atoms with Gasteiger partial charge < -0.3 is 10.2 Å². The van der Waals surface area contributed by atoms with Crippen molar-refractivity contribution in [2.45, 2.75) is 38.5 Å². The largest absolute Gasteiger partial charge is 0.439 e. The van der Waals surface area contributed by atoms with Crippen LogP contribution in [0.4, 0.5) is 5.82 Å². The molecule has 0 spiro atoms. The van der Waals surface area contributed by atoms with Crippen LogP contribution in [0.15, 0.2) is 30.3 Å². The number of aromatic nitrogens is 2. The third kappa shape index (κ3) is 3.31. The Kier molecular flexibility index (Phi) is 3.75. The van der Waals surface area contributed by atoms with Gasteiger partial charge in [0.05, 0.1) is 0 Å². The van der Waals surface area contributed by atoms with E-state index in [-0.39, 0.29) is 0 Å². The minimum atomic E-state index is 0.448. The van der Waals surface area contributed by atoms with E-state index in [4.69, 9.17) is 10.6 Å². The molecule has 3 rings (SSSR count). The van der Waals surface area contributed by atoms with Crippen LogP contribution in [0.5, 0.6) is 11.6 Å². The van der Waals surface area contributed by atoms with Crippen molar-refractivity contribution in [3.8, 4) is 11.6 Å². The molecule has 21 heavy (non-hydrogen) atoms. The highest BCUT2D eigenvalue weighted by atomic mass is 16.5. The Hall–Kier alpha value is -2.14. The molecule has 1 saturated carbocycles. The number of nitrogen functional groups attached to an aromatic ring is 1. The molecule has 1 aromatic heterocycles. The highest BCUT2D eigenvalue weighted by molar-refractivity contribution is 5.40. The smallest absolute Gasteiger partial charge is 0.224 e. The van der Waals surface area contributed by atoms with Crippen LogP contribution in [-0.4, -0.2) is 9.97 Å². The van der Waals surface area contributed by atoms with E-state index in [1.54, 1.807) is 6.07 Å². The van der Waals surface area contributed by atoms with Crippen LogP contribution < -0.4 is 16.0 Å². The van der Waals surface area contributed by atoms with Crippen molar-refractivity contribution in [1.29, 1.82) is 0 Å². The number of benzene rings is 1. The molecule has 1 heterocycles. The van der Waals surface area contributed by atoms with Crippen molar-refractivity contribution in [2.75, 3.05) is 5.43 Å². The maximum atomic E-state index is 5.83. The summed E-state index contributed by atoms with van der Waals surface area (Å²) in [5.74, 6) is 9.09. The molecule has 1 aromatic carbocycles. The minimum absolute atomic E-state index is 0.448. The van der Waals surface area contributed by atoms with Crippen LogP contribution in [0.3, 0.4) is 0 Å². The Bertz CT molecular complexity index is 621. The second-order valence-electron chi connectivity index (χ2n) is 5.69. The summed E-state index contributed by atoms with van der Waals surface area (Å²) in [5.41, 5.74) is 3.85. The van der Waals surface area contributed by atoms with Gasteiger partial charge in [0.1, 0.15) is 17.4 Å². The summed E-state index contributed by atoms with van der Waals surface area (Å²) >= 11 is 0. The summed E-state index contributed by atoms with van der Waals surface area (Å²) in [6.45, 7) is 4.34. The fourth-order valence-corrected chi connectivity index (χ4v) is 2.13. The van der Waals surface area contributed by atoms with Gasteiger partial charge in [0, 0.05) is 12.0 Å². The lowest BCUT2D eigenvalue weighted by Gasteiger charge is -2.10. The number of nitrogens with one attached hydrogen (secondary N) is 1. The number of hydrogen-bond acceptors (Lipinski definition) is 5. The summed E-state index contributed by atoms with van der Waals surface area (Å²) < 4.78 is 5.83. The van der Waals surface area contributed by atoms with E-state index in [1.807, 2.05) is 12.1 Å². The average molecular weight is 284 g/mol. The minimum Gasteiger partial charge on any atom is -0.439 e. The molecular formula is C16H20N4O. The number of nitrogens with two attached hydrogens (primary N) is 1. The second-order valence-corrected chi connectivity index (χ2v) is 5.69. The summed E-state index contributed by atoms with van der Waals surface area (Å²) in [6, 6.07) is 9.78. The SMILES string of the molecule is CC(C)c1ccc(Oc2cc(NN)nc(C3CC3)n2)cc1. The Balaban J connectivity index is 1.81. The van der Waals surface area contributed by atoms with Crippen molar-refractivity contribution < 1.29 is 4.74 Å². The van der Waals surface area contributed by atoms with Crippen LogP contribution in [-0.2, 0) is 0 Å². The molecule has 5 heteroatoms. The fraction of sp³-hybridized carbons (Fsp3) is 0.375. The van der Waals surface area contributed by atoms with Crippen molar-refractivity contribution in [2.24, 2.45) is 5.84 Å². The molecule has 0 radical (unpaired) electrons. The first-order chi connectivity index (χ1) is 10.2. The Morgan fingerprint density at radius 3 is 2.48 bits per heavy atom. The predicted octanol–water partition coefficient (Wildman–Crippen LogP) is 3.56. The first-order valence-electron chi connectivity index (χ1n) is 7.29. The zero-order valence-corrected chi connectivity index (χ0v) is 12.3. The second kappa shape index (κ2) is 5.69. The topological polar surface area (TPSA) is 73.1 Å². The van der Waals surface area contributed by atoms with Gasteiger partial charge in [-0.15, -0.1) is 0 Å². The maximum Gasteiger partial charge on any atom is 0.224 e. The highest BCUT2D eigenvalue weighted by Crippen LogP contribution is 2.39. The Morgan fingerprint density at radius 1 is 1.19 bits per heavy atom. The molecule has 2 aromatic rings. The fourth-order valence-electron chi connectivity index (χ4n) is 2.13. The number of hydrazine groups is 1. The first-order valence-corrected chi connectivity index (χ1v) is 7.29. The molecule has 1 aliphatic carbocycles. The van der Waals surface area contributed by atoms with Crippen molar-refractivity contribution in [1.82, 2.24) is 9.97 Å². The summed E-state index contributed by atoms with van der Waals surface area (Å²) in [5, 5.41) is 0. The van der Waals surface area contributed by atoms with Crippen LogP contribution in [0.1, 0.15) is 49.9 Å². The molecule has 0 amide bonds. The summed E-state index contributed by atoms with van der Waals surface area (Å²) in [6.07, 6.45) is 2.27. The molecule has 0 aliphatic heterocycles. The van der Waals surface area contributed by atoms with E-state index in [0.717, 1.165) is 24.4 Å². The molecule has 0 atom stereocenters. The highest BCUT2D eigenvalue weighted by Gasteiger charge is 2.27. The quantitative estimate of drug-likeness (QED) is 0.649. The number of nitrogens with zero attached hydrogens (tertiary/aromatic N) is 2. The van der Waals surface area contributed by atoms with Crippen molar-refractivity contribution in [3.63, 3.8) is 0 Å². The number of rotatable bonds is 5. The van der Waals surface area contributed by atoms with Gasteiger partial charge in [-0.1, -0.05) is 26.0 Å². The van der Waals surface area contributed by atoms with Gasteiger partial charge in [-0.05, 0) is 36.5 Å². The van der Waals surface area contributed by atoms with Gasteiger partial charge in [0.25, 0.3) is 0 Å². The number of hydrogen-bond donors (Lipinski definition) is 2. The molecule has 3 N–H and O–H groups in total. The zero-order chi connectivity index (χ0) is 14.8. The molecule has 0 bridgehead atoms. The normalized spacial score (nSPS) is 14.3. The molecule has 110 valence electrons. The summed E-state index contributed by atoms with van der Waals surface area (Å²) in [4.78, 5) is 8.83. The third-order valence-corrected chi connectivity index (χ3v) is 3.58. The van der Waals surface area contributed by atoms with Crippen molar-refractivity contribution >= 4 is 5.82 Å². The van der Waals surface area contributed by atoms with E-state index < -0.39 is 0 Å². The van der Waals surface area contributed by atoms with Crippen molar-refractivity contribution in [3.05, 3.63) is 41.7 Å². The Morgan fingerprint density at radius 2 is 1.90 bits per heavy atom. The standard InChI is InChI=1S/C16H20N4O/c1-10(2)11-5-7-13(8-6-11)21-15-9-14(20-17)18-16(19-15)12-3-4-12/h5-10,12H,3-4,17H2,1-2H3,(H,18,19,20). The van der Waals surface area contributed by atoms with Gasteiger partial charge in [-0.2, -0.15) is 4.98 Å². The van der Waals surface area contributed by atoms with Gasteiger partial charge >= 0.3 is 0 Å². The number of ether oxygens (including phenoxy) is 1. The lowest BCUT2D eigenvalue weighted by atomic mass is 10.0. The van der Waals surface area contributed by atoms with E-state index in [0.29, 0.717) is 23.5 Å². The third-order valence-electron chi connectivity index (χ3n) is 3.58. The Labute approximate surface area is 124 Å². The van der Waals surface area contributed by atoms with Gasteiger partial charge in [0.2, 0.25) is 5.88 Å². The van der Waals surface area contributed by atoms with Gasteiger partial charge in [0.15, 0.2) is 0 Å². The zero-order valence-electron chi connectivity index (χ0n) is 12.3. The van der Waals surface area contributed by atoms with Gasteiger partial charge in [-0.25, -0.2) is 10.8 Å². The van der Waals surface area contributed by atoms with E-state index in [2.05, 4.69) is 41.4 Å². The molecule has 1 aliphatic rings. The molecule has 5 nitrogen and oxygen atoms in total. The average Bonchev–Trinajstić information content (AvgIpc) is 3.32. The van der Waals surface area contributed by atoms with Crippen LogP contribution in [0.2, 0.25) is 0 Å². The van der Waals surface area contributed by atoms with Crippen LogP contribution in [0, 0.1) is 0 Å². The molecule has 0 saturated heterocycles. The van der Waals surface area contributed by atoms with E-state index >= 15 is 0 Å². The van der Waals surface area contributed by atoms with Gasteiger partial charge in [-0.3, -0.25) is 0 Å². The van der Waals surface area contributed by atoms with E-state index in [1.165, 1.54) is 5.56 Å². The van der Waals surface area contributed by atoms with Crippen LogP contribution >= 0.6 is 0 Å². The molecule has 0 unspecified atom stereocenters. The first kappa shape index (κ1) is 13.8. The summed E-state index contributed by atoms with van der Waals surface area (Å²) in [7, 11) is 0. The predicted molar refractivity (Wildman–Crippen MR) is 82.4 cm³/mol. The van der Waals surface area contributed by atoms with Crippen LogP contribution in [0.25, 0.3) is 0 Å². The maximum absolute atomic E-state index is 5.83.